The average Bonchev–Trinajstić information content (AvgIpc) is 3.21. The number of pyridine rings is 1. The van der Waals surface area contributed by atoms with Crippen LogP contribution >= 0.6 is 23.4 Å². The topological polar surface area (TPSA) is 31.7 Å². The zero-order valence-electron chi connectivity index (χ0n) is 22.1. The minimum atomic E-state index is 0.164. The number of aliphatic imine (C=N–C) groups is 1. The summed E-state index contributed by atoms with van der Waals surface area (Å²) in [6.07, 6.45) is 0.804. The van der Waals surface area contributed by atoms with Gasteiger partial charge >= 0.3 is 0 Å². The first-order valence-electron chi connectivity index (χ1n) is 13.7. The monoisotopic (exact) mass is 560 g/mol. The molecule has 0 radical (unpaired) electrons. The second-order valence-electron chi connectivity index (χ2n) is 10.2. The number of thioether (sulfide) groups is 1. The number of benzene rings is 4. The van der Waals surface area contributed by atoms with Crippen LogP contribution in [0.25, 0.3) is 10.9 Å². The van der Waals surface area contributed by atoms with Crippen molar-refractivity contribution in [2.24, 2.45) is 4.99 Å². The molecule has 40 heavy (non-hydrogen) atoms. The van der Waals surface area contributed by atoms with Gasteiger partial charge in [-0.15, -0.1) is 11.8 Å². The summed E-state index contributed by atoms with van der Waals surface area (Å²) in [6.45, 7) is 3.80. The number of fused-ring (bicyclic) bond motifs is 2. The fourth-order valence-corrected chi connectivity index (χ4v) is 7.00. The van der Waals surface area contributed by atoms with E-state index in [2.05, 4.69) is 107 Å². The summed E-state index contributed by atoms with van der Waals surface area (Å²) < 4.78 is 0. The van der Waals surface area contributed by atoms with Crippen LogP contribution < -0.4 is 9.80 Å². The second-order valence-corrected chi connectivity index (χ2v) is 11.9. The quantitative estimate of drug-likeness (QED) is 0.220. The van der Waals surface area contributed by atoms with Crippen LogP contribution in [0.3, 0.4) is 0 Å². The van der Waals surface area contributed by atoms with Crippen LogP contribution in [0.4, 0.5) is 17.2 Å². The van der Waals surface area contributed by atoms with Crippen molar-refractivity contribution in [1.82, 2.24) is 4.98 Å². The van der Waals surface area contributed by atoms with Crippen LogP contribution in [0, 0.1) is 0 Å². The number of para-hydroxylation sites is 3. The van der Waals surface area contributed by atoms with Gasteiger partial charge < -0.3 is 9.80 Å². The Morgan fingerprint density at radius 3 is 2.25 bits per heavy atom. The van der Waals surface area contributed by atoms with Crippen molar-refractivity contribution >= 4 is 57.2 Å². The molecule has 0 spiro atoms. The Kier molecular flexibility index (Phi) is 6.92. The lowest BCUT2D eigenvalue weighted by molar-refractivity contribution is 0.645. The molecule has 1 atom stereocenters. The summed E-state index contributed by atoms with van der Waals surface area (Å²) in [5, 5.41) is 2.07. The molecule has 0 N–H and O–H groups in total. The minimum absolute atomic E-state index is 0.164. The molecule has 2 aliphatic heterocycles. The highest BCUT2D eigenvalue weighted by molar-refractivity contribution is 7.99. The first-order valence-corrected chi connectivity index (χ1v) is 15.0. The number of hydrogen-bond acceptors (Lipinski definition) is 5. The van der Waals surface area contributed by atoms with Gasteiger partial charge in [0.25, 0.3) is 0 Å². The molecule has 4 nitrogen and oxygen atoms in total. The van der Waals surface area contributed by atoms with Gasteiger partial charge in [-0.25, -0.2) is 4.98 Å². The second kappa shape index (κ2) is 11.0. The van der Waals surface area contributed by atoms with E-state index in [-0.39, 0.29) is 5.25 Å². The Hall–Kier alpha value is -3.80. The van der Waals surface area contributed by atoms with E-state index in [0.717, 1.165) is 65.9 Å². The number of aromatic nitrogens is 1. The lowest BCUT2D eigenvalue weighted by atomic mass is 9.99. The Labute approximate surface area is 244 Å². The first-order chi connectivity index (χ1) is 19.7. The number of anilines is 2. The van der Waals surface area contributed by atoms with Gasteiger partial charge in [0, 0.05) is 70.1 Å². The molecule has 7 rings (SSSR count). The maximum absolute atomic E-state index is 6.24. The van der Waals surface area contributed by atoms with Gasteiger partial charge in [0.2, 0.25) is 0 Å². The van der Waals surface area contributed by atoms with E-state index in [4.69, 9.17) is 21.6 Å². The highest BCUT2D eigenvalue weighted by Crippen LogP contribution is 2.48. The SMILES string of the molecule is Clc1ccc(C2=Nc3ccccc3SC(c3cc4ccccc4nc3N3CCN(c4ccccc4)CC3)C2)cc1. The van der Waals surface area contributed by atoms with E-state index in [1.807, 2.05) is 23.9 Å². The Balaban J connectivity index is 1.28. The molecular weight excluding hydrogens is 532 g/mol. The molecule has 1 fully saturated rings. The number of rotatable bonds is 4. The van der Waals surface area contributed by atoms with Crippen LogP contribution in [0.1, 0.15) is 22.8 Å². The van der Waals surface area contributed by atoms with E-state index in [1.54, 1.807) is 0 Å². The molecule has 4 aromatic carbocycles. The smallest absolute Gasteiger partial charge is 0.133 e. The maximum Gasteiger partial charge on any atom is 0.133 e. The summed E-state index contributed by atoms with van der Waals surface area (Å²) in [5.74, 6) is 1.10. The summed E-state index contributed by atoms with van der Waals surface area (Å²) in [4.78, 5) is 16.6. The molecule has 5 aromatic rings. The van der Waals surface area contributed by atoms with E-state index < -0.39 is 0 Å². The molecular formula is C34H29ClN4S. The van der Waals surface area contributed by atoms with Crippen molar-refractivity contribution in [2.45, 2.75) is 16.6 Å². The van der Waals surface area contributed by atoms with Gasteiger partial charge in [-0.05, 0) is 54.1 Å². The van der Waals surface area contributed by atoms with Crippen molar-refractivity contribution in [1.29, 1.82) is 0 Å². The number of hydrogen-bond donors (Lipinski definition) is 0. The van der Waals surface area contributed by atoms with Crippen LogP contribution in [0.15, 0.2) is 119 Å². The largest absolute Gasteiger partial charge is 0.368 e. The Morgan fingerprint density at radius 2 is 1.43 bits per heavy atom. The predicted octanol–water partition coefficient (Wildman–Crippen LogP) is 8.57. The molecule has 1 unspecified atom stereocenters. The lowest BCUT2D eigenvalue weighted by Crippen LogP contribution is -2.47. The summed E-state index contributed by atoms with van der Waals surface area (Å²) in [5.41, 5.74) is 6.80. The van der Waals surface area contributed by atoms with Crippen molar-refractivity contribution in [3.8, 4) is 0 Å². The fourth-order valence-electron chi connectivity index (χ4n) is 5.64. The third-order valence-corrected chi connectivity index (χ3v) is 9.28. The van der Waals surface area contributed by atoms with Gasteiger partial charge in [-0.1, -0.05) is 72.3 Å². The van der Waals surface area contributed by atoms with E-state index >= 15 is 0 Å². The molecule has 0 amide bonds. The molecule has 0 bridgehead atoms. The molecule has 198 valence electrons. The molecule has 6 heteroatoms. The normalized spacial score (nSPS) is 17.3. The van der Waals surface area contributed by atoms with Gasteiger partial charge in [-0.3, -0.25) is 4.99 Å². The van der Waals surface area contributed by atoms with Gasteiger partial charge in [0.1, 0.15) is 5.82 Å². The van der Waals surface area contributed by atoms with Crippen molar-refractivity contribution in [3.05, 3.63) is 125 Å². The molecule has 0 aliphatic carbocycles. The van der Waals surface area contributed by atoms with Crippen LogP contribution in [-0.2, 0) is 0 Å². The van der Waals surface area contributed by atoms with E-state index in [9.17, 15) is 0 Å². The summed E-state index contributed by atoms with van der Waals surface area (Å²) >= 11 is 8.14. The third-order valence-electron chi connectivity index (χ3n) is 7.73. The van der Waals surface area contributed by atoms with Crippen LogP contribution in [-0.4, -0.2) is 36.9 Å². The highest BCUT2D eigenvalue weighted by Gasteiger charge is 2.29. The predicted molar refractivity (Wildman–Crippen MR) is 170 cm³/mol. The highest BCUT2D eigenvalue weighted by atomic mass is 35.5. The van der Waals surface area contributed by atoms with E-state index in [1.165, 1.54) is 21.5 Å². The Morgan fingerprint density at radius 1 is 0.725 bits per heavy atom. The Bertz CT molecular complexity index is 1680. The molecule has 2 aliphatic rings. The standard InChI is InChI=1S/C34H29ClN4S/c35-26-16-14-24(15-17-26)31-23-33(40-32-13-7-6-12-30(32)36-31)28-22-25-8-4-5-11-29(25)37-34(28)39-20-18-38(19-21-39)27-9-2-1-3-10-27/h1-17,22,33H,18-21,23H2. The zero-order chi connectivity index (χ0) is 26.9. The molecule has 3 heterocycles. The summed E-state index contributed by atoms with van der Waals surface area (Å²) in [6, 6.07) is 38.1. The molecule has 1 aromatic heterocycles. The van der Waals surface area contributed by atoms with Crippen LogP contribution in [0.2, 0.25) is 5.02 Å². The van der Waals surface area contributed by atoms with Gasteiger partial charge in [0.05, 0.1) is 11.2 Å². The number of nitrogens with zero attached hydrogens (tertiary/aromatic N) is 4. The van der Waals surface area contributed by atoms with Crippen molar-refractivity contribution < 1.29 is 0 Å². The van der Waals surface area contributed by atoms with Gasteiger partial charge in [-0.2, -0.15) is 0 Å². The van der Waals surface area contributed by atoms with Crippen molar-refractivity contribution in [2.75, 3.05) is 36.0 Å². The summed E-state index contributed by atoms with van der Waals surface area (Å²) in [7, 11) is 0. The minimum Gasteiger partial charge on any atom is -0.368 e. The molecule has 0 saturated carbocycles. The fraction of sp³-hybridized carbons (Fsp3) is 0.176. The van der Waals surface area contributed by atoms with E-state index in [0.29, 0.717) is 0 Å². The number of halogens is 1. The lowest BCUT2D eigenvalue weighted by Gasteiger charge is -2.38. The van der Waals surface area contributed by atoms with Crippen LogP contribution in [0.5, 0.6) is 0 Å². The average molecular weight is 561 g/mol. The van der Waals surface area contributed by atoms with Crippen molar-refractivity contribution in [3.63, 3.8) is 0 Å². The number of piperazine rings is 1. The maximum atomic E-state index is 6.24. The zero-order valence-corrected chi connectivity index (χ0v) is 23.7. The van der Waals surface area contributed by atoms with Gasteiger partial charge in [0.15, 0.2) is 0 Å². The molecule has 1 saturated heterocycles. The third kappa shape index (κ3) is 5.07. The first kappa shape index (κ1) is 25.2.